The number of methoxy groups -OCH3 is 1. The summed E-state index contributed by atoms with van der Waals surface area (Å²) in [6.45, 7) is -0.661. The molecule has 0 radical (unpaired) electrons. The Kier molecular flexibility index (Phi) is 5.90. The number of carbonyl (C=O) groups is 1. The summed E-state index contributed by atoms with van der Waals surface area (Å²) in [5, 5.41) is 3.21. The molecule has 7 heteroatoms. The molecule has 1 heterocycles. The smallest absolute Gasteiger partial charge is 0.387 e. The monoisotopic (exact) mass is 328 g/mol. The van der Waals surface area contributed by atoms with Gasteiger partial charge < -0.3 is 19.7 Å². The predicted molar refractivity (Wildman–Crippen MR) is 81.3 cm³/mol. The molecular formula is C16H22F2N2O3. The SMILES string of the molecule is COCC1(C(=O)N(C)Cc2ccc(OC(F)F)cc2)CCNC1. The Labute approximate surface area is 134 Å². The predicted octanol–water partition coefficient (Wildman–Crippen LogP) is 1.87. The van der Waals surface area contributed by atoms with Crippen molar-refractivity contribution in [1.29, 1.82) is 0 Å². The number of hydrogen-bond acceptors (Lipinski definition) is 4. The van der Waals surface area contributed by atoms with Gasteiger partial charge in [0, 0.05) is 27.2 Å². The third kappa shape index (κ3) is 4.39. The second kappa shape index (κ2) is 7.70. The Bertz CT molecular complexity index is 517. The Hall–Kier alpha value is -1.73. The van der Waals surface area contributed by atoms with Gasteiger partial charge in [-0.1, -0.05) is 12.1 Å². The van der Waals surface area contributed by atoms with Gasteiger partial charge in [0.1, 0.15) is 5.75 Å². The number of ether oxygens (including phenoxy) is 2. The molecule has 0 saturated carbocycles. The lowest BCUT2D eigenvalue weighted by atomic mass is 9.86. The van der Waals surface area contributed by atoms with Crippen LogP contribution < -0.4 is 10.1 Å². The number of amides is 1. The molecule has 1 amide bonds. The van der Waals surface area contributed by atoms with E-state index in [1.807, 2.05) is 0 Å². The fourth-order valence-corrected chi connectivity index (χ4v) is 2.91. The number of benzene rings is 1. The highest BCUT2D eigenvalue weighted by Crippen LogP contribution is 2.29. The van der Waals surface area contributed by atoms with Crippen molar-refractivity contribution in [2.45, 2.75) is 19.6 Å². The maximum Gasteiger partial charge on any atom is 0.387 e. The summed E-state index contributed by atoms with van der Waals surface area (Å²) in [4.78, 5) is 14.4. The fourth-order valence-electron chi connectivity index (χ4n) is 2.91. The van der Waals surface area contributed by atoms with Gasteiger partial charge in [0.15, 0.2) is 0 Å². The van der Waals surface area contributed by atoms with Gasteiger partial charge in [-0.15, -0.1) is 0 Å². The van der Waals surface area contributed by atoms with Crippen LogP contribution in [0.15, 0.2) is 24.3 Å². The van der Waals surface area contributed by atoms with Crippen LogP contribution in [0.3, 0.4) is 0 Å². The van der Waals surface area contributed by atoms with E-state index >= 15 is 0 Å². The molecule has 1 aliphatic rings. The average molecular weight is 328 g/mol. The fraction of sp³-hybridized carbons (Fsp3) is 0.562. The first-order valence-electron chi connectivity index (χ1n) is 7.46. The zero-order chi connectivity index (χ0) is 16.9. The number of halogens is 2. The Morgan fingerprint density at radius 3 is 2.61 bits per heavy atom. The van der Waals surface area contributed by atoms with E-state index in [1.54, 1.807) is 31.2 Å². The number of rotatable bonds is 7. The molecule has 1 aromatic rings. The van der Waals surface area contributed by atoms with Crippen molar-refractivity contribution < 1.29 is 23.0 Å². The van der Waals surface area contributed by atoms with E-state index in [-0.39, 0.29) is 11.7 Å². The van der Waals surface area contributed by atoms with Crippen molar-refractivity contribution in [2.75, 3.05) is 33.9 Å². The summed E-state index contributed by atoms with van der Waals surface area (Å²) in [6, 6.07) is 6.30. The molecule has 0 spiro atoms. The molecular weight excluding hydrogens is 306 g/mol. The molecule has 5 nitrogen and oxygen atoms in total. The minimum atomic E-state index is -2.84. The highest BCUT2D eigenvalue weighted by molar-refractivity contribution is 5.83. The van der Waals surface area contributed by atoms with Crippen molar-refractivity contribution >= 4 is 5.91 Å². The van der Waals surface area contributed by atoms with Crippen LogP contribution in [0.2, 0.25) is 0 Å². The van der Waals surface area contributed by atoms with Gasteiger partial charge in [0.25, 0.3) is 0 Å². The molecule has 2 rings (SSSR count). The molecule has 0 bridgehead atoms. The minimum absolute atomic E-state index is 0.0252. The van der Waals surface area contributed by atoms with E-state index in [4.69, 9.17) is 4.74 Å². The molecule has 1 saturated heterocycles. The second-order valence-corrected chi connectivity index (χ2v) is 5.82. The maximum atomic E-state index is 12.8. The minimum Gasteiger partial charge on any atom is -0.435 e. The van der Waals surface area contributed by atoms with Crippen LogP contribution in [-0.2, 0) is 16.1 Å². The molecule has 128 valence electrons. The summed E-state index contributed by atoms with van der Waals surface area (Å²) >= 11 is 0. The molecule has 23 heavy (non-hydrogen) atoms. The number of carbonyl (C=O) groups excluding carboxylic acids is 1. The van der Waals surface area contributed by atoms with Crippen LogP contribution in [0.4, 0.5) is 8.78 Å². The standard InChI is InChI=1S/C16H22F2N2O3/c1-20(14(21)16(11-22-2)7-8-19-10-16)9-12-3-5-13(6-4-12)23-15(17)18/h3-6,15,19H,7-11H2,1-2H3. The molecule has 1 unspecified atom stereocenters. The van der Waals surface area contributed by atoms with Crippen LogP contribution in [0.1, 0.15) is 12.0 Å². The van der Waals surface area contributed by atoms with Crippen LogP contribution in [0.25, 0.3) is 0 Å². The van der Waals surface area contributed by atoms with E-state index in [9.17, 15) is 13.6 Å². The molecule has 0 aliphatic carbocycles. The zero-order valence-electron chi connectivity index (χ0n) is 13.4. The summed E-state index contributed by atoms with van der Waals surface area (Å²) in [7, 11) is 3.33. The van der Waals surface area contributed by atoms with Gasteiger partial charge >= 0.3 is 6.61 Å². The van der Waals surface area contributed by atoms with Crippen LogP contribution >= 0.6 is 0 Å². The number of hydrogen-bond donors (Lipinski definition) is 1. The quantitative estimate of drug-likeness (QED) is 0.830. The Morgan fingerprint density at radius 1 is 1.39 bits per heavy atom. The first kappa shape index (κ1) is 17.6. The van der Waals surface area contributed by atoms with E-state index in [0.29, 0.717) is 19.7 Å². The normalized spacial score (nSPS) is 20.7. The first-order chi connectivity index (χ1) is 11.0. The Morgan fingerprint density at radius 2 is 2.09 bits per heavy atom. The molecule has 1 N–H and O–H groups in total. The third-order valence-corrected chi connectivity index (χ3v) is 4.03. The zero-order valence-corrected chi connectivity index (χ0v) is 13.4. The second-order valence-electron chi connectivity index (χ2n) is 5.82. The van der Waals surface area contributed by atoms with Crippen molar-refractivity contribution in [1.82, 2.24) is 10.2 Å². The van der Waals surface area contributed by atoms with E-state index in [0.717, 1.165) is 18.5 Å². The average Bonchev–Trinajstić information content (AvgIpc) is 2.98. The maximum absolute atomic E-state index is 12.8. The largest absolute Gasteiger partial charge is 0.435 e. The number of nitrogens with zero attached hydrogens (tertiary/aromatic N) is 1. The topological polar surface area (TPSA) is 50.8 Å². The number of nitrogens with one attached hydrogen (secondary N) is 1. The van der Waals surface area contributed by atoms with Gasteiger partial charge in [-0.2, -0.15) is 8.78 Å². The lowest BCUT2D eigenvalue weighted by molar-refractivity contribution is -0.143. The highest BCUT2D eigenvalue weighted by Gasteiger charge is 2.42. The summed E-state index contributed by atoms with van der Waals surface area (Å²) in [6.07, 6.45) is 0.741. The lowest BCUT2D eigenvalue weighted by Gasteiger charge is -2.31. The van der Waals surface area contributed by atoms with E-state index < -0.39 is 12.0 Å². The van der Waals surface area contributed by atoms with Crippen molar-refractivity contribution in [3.05, 3.63) is 29.8 Å². The van der Waals surface area contributed by atoms with Gasteiger partial charge in [-0.25, -0.2) is 0 Å². The molecule has 1 atom stereocenters. The highest BCUT2D eigenvalue weighted by atomic mass is 19.3. The van der Waals surface area contributed by atoms with Gasteiger partial charge in [-0.3, -0.25) is 4.79 Å². The van der Waals surface area contributed by atoms with Crippen LogP contribution in [0.5, 0.6) is 5.75 Å². The molecule has 1 aromatic carbocycles. The van der Waals surface area contributed by atoms with Crippen molar-refractivity contribution in [3.8, 4) is 5.75 Å². The third-order valence-electron chi connectivity index (χ3n) is 4.03. The summed E-state index contributed by atoms with van der Waals surface area (Å²) in [5.74, 6) is 0.130. The lowest BCUT2D eigenvalue weighted by Crippen LogP contribution is -2.46. The van der Waals surface area contributed by atoms with E-state index in [2.05, 4.69) is 10.1 Å². The first-order valence-corrected chi connectivity index (χ1v) is 7.46. The molecule has 1 aliphatic heterocycles. The summed E-state index contributed by atoms with van der Waals surface area (Å²) in [5.41, 5.74) is 0.323. The number of alkyl halides is 2. The van der Waals surface area contributed by atoms with Gasteiger partial charge in [-0.05, 0) is 30.7 Å². The van der Waals surface area contributed by atoms with Gasteiger partial charge in [0.05, 0.1) is 12.0 Å². The van der Waals surface area contributed by atoms with E-state index in [1.165, 1.54) is 12.1 Å². The Balaban J connectivity index is 2.00. The molecule has 1 fully saturated rings. The summed E-state index contributed by atoms with van der Waals surface area (Å²) < 4.78 is 33.8. The molecule has 0 aromatic heterocycles. The van der Waals surface area contributed by atoms with Crippen molar-refractivity contribution in [2.24, 2.45) is 5.41 Å². The van der Waals surface area contributed by atoms with Crippen molar-refractivity contribution in [3.63, 3.8) is 0 Å². The van der Waals surface area contributed by atoms with Crippen LogP contribution in [0, 0.1) is 5.41 Å². The van der Waals surface area contributed by atoms with Gasteiger partial charge in [0.2, 0.25) is 5.91 Å². The van der Waals surface area contributed by atoms with Crippen LogP contribution in [-0.4, -0.2) is 51.3 Å².